The Balaban J connectivity index is 2.24. The minimum absolute atomic E-state index is 0.0908. The molecule has 0 aliphatic heterocycles. The van der Waals surface area contributed by atoms with Gasteiger partial charge in [-0.15, -0.1) is 0 Å². The predicted molar refractivity (Wildman–Crippen MR) is 120 cm³/mol. The van der Waals surface area contributed by atoms with E-state index in [9.17, 15) is 39.6 Å². The van der Waals surface area contributed by atoms with Gasteiger partial charge in [0.2, 0.25) is 5.88 Å². The van der Waals surface area contributed by atoms with Gasteiger partial charge in [-0.05, 0) is 30.3 Å². The number of sulfone groups is 1. The van der Waals surface area contributed by atoms with E-state index < -0.39 is 57.3 Å². The van der Waals surface area contributed by atoms with Gasteiger partial charge in [-0.3, -0.25) is 9.78 Å². The van der Waals surface area contributed by atoms with Crippen LogP contribution in [-0.4, -0.2) is 54.9 Å². The lowest BCUT2D eigenvalue weighted by Gasteiger charge is -2.26. The number of carbonyl (C=O) groups is 1. The predicted octanol–water partition coefficient (Wildman–Crippen LogP) is 4.28. The third kappa shape index (κ3) is 6.72. The van der Waals surface area contributed by atoms with Crippen molar-refractivity contribution in [3.8, 4) is 17.0 Å². The molecule has 0 atom stereocenters. The molecule has 198 valence electrons. The Hall–Kier alpha value is -3.75. The largest absolute Gasteiger partial charge is 0.481 e. The second kappa shape index (κ2) is 10.3. The maximum absolute atomic E-state index is 13.5. The number of carbonyl (C=O) groups excluding carboxylic acids is 1. The summed E-state index contributed by atoms with van der Waals surface area (Å²) in [6.07, 6.45) is -5.88. The number of hydrogen-bond acceptors (Lipinski definition) is 7. The number of hydrogen-bond donors (Lipinski definition) is 0. The number of anilines is 1. The molecule has 3 aromatic rings. The van der Waals surface area contributed by atoms with Gasteiger partial charge >= 0.3 is 12.4 Å². The molecule has 0 spiro atoms. The summed E-state index contributed by atoms with van der Waals surface area (Å²) in [4.78, 5) is 24.7. The van der Waals surface area contributed by atoms with Crippen molar-refractivity contribution in [1.29, 1.82) is 0 Å². The van der Waals surface area contributed by atoms with Crippen molar-refractivity contribution in [2.24, 2.45) is 0 Å². The lowest BCUT2D eigenvalue weighted by molar-refractivity contribution is -0.150. The fourth-order valence-corrected chi connectivity index (χ4v) is 3.79. The summed E-state index contributed by atoms with van der Waals surface area (Å²) in [6, 6.07) is 4.82. The Bertz CT molecular complexity index is 1380. The van der Waals surface area contributed by atoms with Crippen LogP contribution in [0.4, 0.5) is 32.0 Å². The highest BCUT2D eigenvalue weighted by Gasteiger charge is 2.40. The second-order valence-electron chi connectivity index (χ2n) is 7.66. The van der Waals surface area contributed by atoms with E-state index in [-0.39, 0.29) is 29.3 Å². The van der Waals surface area contributed by atoms with Crippen LogP contribution in [0.3, 0.4) is 0 Å². The molecule has 0 aliphatic rings. The summed E-state index contributed by atoms with van der Waals surface area (Å²) in [5.41, 5.74) is -4.45. The van der Waals surface area contributed by atoms with Crippen molar-refractivity contribution < 1.29 is 44.3 Å². The summed E-state index contributed by atoms with van der Waals surface area (Å²) < 4.78 is 109. The highest BCUT2D eigenvalue weighted by atomic mass is 32.2. The van der Waals surface area contributed by atoms with Crippen molar-refractivity contribution in [2.75, 3.05) is 30.6 Å². The van der Waals surface area contributed by atoms with E-state index in [0.717, 1.165) is 17.4 Å². The molecule has 0 saturated carbocycles. The average Bonchev–Trinajstić information content (AvgIpc) is 2.82. The SMILES string of the molecule is COc1ncccc1-c1ccncc1N(CCS(C)(=O)=O)C(=O)c1cc(C(F)(F)F)nc(C(F)(F)F)c1. The molecule has 0 radical (unpaired) electrons. The van der Waals surface area contributed by atoms with Gasteiger partial charge in [0.25, 0.3) is 5.91 Å². The van der Waals surface area contributed by atoms with Gasteiger partial charge in [-0.25, -0.2) is 18.4 Å². The number of pyridine rings is 3. The van der Waals surface area contributed by atoms with Crippen LogP contribution in [0, 0.1) is 0 Å². The van der Waals surface area contributed by atoms with Gasteiger partial charge in [0.05, 0.1) is 24.7 Å². The van der Waals surface area contributed by atoms with Crippen molar-refractivity contribution in [3.63, 3.8) is 0 Å². The van der Waals surface area contributed by atoms with Crippen LogP contribution in [0.2, 0.25) is 0 Å². The molecule has 0 unspecified atom stereocenters. The van der Waals surface area contributed by atoms with Crippen LogP contribution >= 0.6 is 0 Å². The molecule has 0 aromatic carbocycles. The van der Waals surface area contributed by atoms with Gasteiger partial charge in [-0.2, -0.15) is 26.3 Å². The Morgan fingerprint density at radius 2 is 1.62 bits per heavy atom. The van der Waals surface area contributed by atoms with Crippen LogP contribution in [0.1, 0.15) is 21.7 Å². The number of nitrogens with zero attached hydrogens (tertiary/aromatic N) is 4. The first-order chi connectivity index (χ1) is 17.1. The van der Waals surface area contributed by atoms with Crippen molar-refractivity contribution in [3.05, 3.63) is 65.9 Å². The smallest absolute Gasteiger partial charge is 0.433 e. The first-order valence-corrected chi connectivity index (χ1v) is 12.3. The van der Waals surface area contributed by atoms with E-state index in [0.29, 0.717) is 5.56 Å². The van der Waals surface area contributed by atoms with Crippen LogP contribution in [0.25, 0.3) is 11.1 Å². The third-order valence-electron chi connectivity index (χ3n) is 4.93. The Morgan fingerprint density at radius 3 is 2.16 bits per heavy atom. The number of ether oxygens (including phenoxy) is 1. The average molecular weight is 548 g/mol. The van der Waals surface area contributed by atoms with E-state index in [1.165, 1.54) is 31.6 Å². The standard InChI is InChI=1S/C22H18F6N4O4S/c1-36-19-15(4-3-6-30-19)14-5-7-29-12-16(14)32(8-9-37(2,34)35)20(33)13-10-17(21(23,24)25)31-18(11-13)22(26,27)28/h3-7,10-12H,8-9H2,1-2H3. The lowest BCUT2D eigenvalue weighted by atomic mass is 10.0. The molecular weight excluding hydrogens is 530 g/mol. The molecule has 0 bridgehead atoms. The Kier molecular flexibility index (Phi) is 7.76. The summed E-state index contributed by atoms with van der Waals surface area (Å²) in [7, 11) is -2.41. The zero-order valence-corrected chi connectivity index (χ0v) is 19.9. The maximum Gasteiger partial charge on any atom is 0.433 e. The van der Waals surface area contributed by atoms with Gasteiger partial charge in [-0.1, -0.05) is 0 Å². The minimum Gasteiger partial charge on any atom is -0.481 e. The third-order valence-corrected chi connectivity index (χ3v) is 5.85. The lowest BCUT2D eigenvalue weighted by Crippen LogP contribution is -2.36. The summed E-state index contributed by atoms with van der Waals surface area (Å²) in [6.45, 7) is -0.607. The zero-order valence-electron chi connectivity index (χ0n) is 19.1. The first kappa shape index (κ1) is 27.8. The second-order valence-corrected chi connectivity index (χ2v) is 9.92. The quantitative estimate of drug-likeness (QED) is 0.406. The summed E-state index contributed by atoms with van der Waals surface area (Å²) in [5, 5.41) is 0. The molecule has 8 nitrogen and oxygen atoms in total. The van der Waals surface area contributed by atoms with E-state index in [2.05, 4.69) is 15.0 Å². The number of halogens is 6. The van der Waals surface area contributed by atoms with Gasteiger partial charge < -0.3 is 9.64 Å². The molecule has 0 saturated heterocycles. The fourth-order valence-electron chi connectivity index (χ4n) is 3.28. The van der Waals surface area contributed by atoms with Crippen molar-refractivity contribution in [2.45, 2.75) is 12.4 Å². The zero-order chi connectivity index (χ0) is 27.6. The summed E-state index contributed by atoms with van der Waals surface area (Å²) >= 11 is 0. The number of rotatable bonds is 7. The molecule has 3 rings (SSSR count). The van der Waals surface area contributed by atoms with Gasteiger partial charge in [0, 0.05) is 41.9 Å². The minimum atomic E-state index is -5.30. The molecule has 3 aromatic heterocycles. The Morgan fingerprint density at radius 1 is 1.00 bits per heavy atom. The highest BCUT2D eigenvalue weighted by Crippen LogP contribution is 2.37. The number of methoxy groups -OCH3 is 1. The number of aromatic nitrogens is 3. The summed E-state index contributed by atoms with van der Waals surface area (Å²) in [5.74, 6) is -1.90. The molecule has 0 fully saturated rings. The molecule has 15 heteroatoms. The van der Waals surface area contributed by atoms with Crippen LogP contribution in [0.15, 0.2) is 48.9 Å². The normalized spacial score (nSPS) is 12.3. The molecular formula is C22H18F6N4O4S. The van der Waals surface area contributed by atoms with Crippen LogP contribution < -0.4 is 9.64 Å². The molecule has 0 N–H and O–H groups in total. The van der Waals surface area contributed by atoms with Gasteiger partial charge in [0.1, 0.15) is 21.2 Å². The number of alkyl halides is 6. The molecule has 37 heavy (non-hydrogen) atoms. The number of amides is 1. The van der Waals surface area contributed by atoms with Crippen molar-refractivity contribution >= 4 is 21.4 Å². The molecule has 1 amide bonds. The van der Waals surface area contributed by atoms with E-state index in [1.54, 1.807) is 6.07 Å². The van der Waals surface area contributed by atoms with Gasteiger partial charge in [0.15, 0.2) is 0 Å². The van der Waals surface area contributed by atoms with E-state index >= 15 is 0 Å². The van der Waals surface area contributed by atoms with Crippen LogP contribution in [0.5, 0.6) is 5.88 Å². The van der Waals surface area contributed by atoms with E-state index in [4.69, 9.17) is 4.74 Å². The fraction of sp³-hybridized carbons (Fsp3) is 0.273. The topological polar surface area (TPSA) is 102 Å². The Labute approximate surface area is 206 Å². The maximum atomic E-state index is 13.5. The molecule has 0 aliphatic carbocycles. The monoisotopic (exact) mass is 548 g/mol. The van der Waals surface area contributed by atoms with Crippen LogP contribution in [-0.2, 0) is 22.2 Å². The molecule has 3 heterocycles. The van der Waals surface area contributed by atoms with Crippen molar-refractivity contribution in [1.82, 2.24) is 15.0 Å². The highest BCUT2D eigenvalue weighted by molar-refractivity contribution is 7.90. The van der Waals surface area contributed by atoms with E-state index in [1.807, 2.05) is 0 Å². The first-order valence-electron chi connectivity index (χ1n) is 10.2.